The second-order valence-corrected chi connectivity index (χ2v) is 5.06. The molecule has 0 saturated carbocycles. The van der Waals surface area contributed by atoms with Gasteiger partial charge in [0.1, 0.15) is 0 Å². The average molecular weight is 258 g/mol. The molecular weight excluding hydrogens is 241 g/mol. The van der Waals surface area contributed by atoms with Crippen molar-refractivity contribution in [3.05, 3.63) is 0 Å². The molecule has 0 aliphatic heterocycles. The van der Waals surface area contributed by atoms with E-state index in [1.807, 2.05) is 0 Å². The molecule has 0 amide bonds. The van der Waals surface area contributed by atoms with E-state index >= 15 is 0 Å². The van der Waals surface area contributed by atoms with Crippen LogP contribution in [-0.4, -0.2) is 30.8 Å². The summed E-state index contributed by atoms with van der Waals surface area (Å²) in [4.78, 5) is 11.6. The molecule has 6 heteroatoms. The second kappa shape index (κ2) is 5.80. The SMILES string of the molecule is CSCC(C)(C(=O)OCC(F)(F)F)C(C)C. The van der Waals surface area contributed by atoms with Crippen molar-refractivity contribution in [2.45, 2.75) is 26.9 Å². The number of esters is 1. The van der Waals surface area contributed by atoms with Crippen molar-refractivity contribution in [2.24, 2.45) is 11.3 Å². The summed E-state index contributed by atoms with van der Waals surface area (Å²) in [6.07, 6.45) is -2.66. The van der Waals surface area contributed by atoms with Gasteiger partial charge in [0.2, 0.25) is 0 Å². The third-order valence-electron chi connectivity index (χ3n) is 2.55. The van der Waals surface area contributed by atoms with Gasteiger partial charge in [-0.2, -0.15) is 24.9 Å². The van der Waals surface area contributed by atoms with Crippen LogP contribution in [0.4, 0.5) is 13.2 Å². The lowest BCUT2D eigenvalue weighted by Crippen LogP contribution is -2.39. The lowest BCUT2D eigenvalue weighted by Gasteiger charge is -2.30. The number of hydrogen-bond donors (Lipinski definition) is 0. The van der Waals surface area contributed by atoms with Crippen LogP contribution in [0, 0.1) is 11.3 Å². The Kier molecular flexibility index (Phi) is 5.65. The third kappa shape index (κ3) is 4.63. The molecule has 0 aliphatic rings. The van der Waals surface area contributed by atoms with Crippen LogP contribution in [-0.2, 0) is 9.53 Å². The summed E-state index contributed by atoms with van der Waals surface area (Å²) < 4.78 is 40.0. The molecule has 0 saturated heterocycles. The minimum atomic E-state index is -4.47. The van der Waals surface area contributed by atoms with E-state index in [0.29, 0.717) is 5.75 Å². The number of carbonyl (C=O) groups excluding carboxylic acids is 1. The molecule has 0 rings (SSSR count). The van der Waals surface area contributed by atoms with Gasteiger partial charge in [0.25, 0.3) is 0 Å². The Labute approximate surface area is 97.9 Å². The zero-order valence-electron chi connectivity index (χ0n) is 9.85. The molecule has 1 unspecified atom stereocenters. The van der Waals surface area contributed by atoms with Gasteiger partial charge in [-0.25, -0.2) is 0 Å². The van der Waals surface area contributed by atoms with Crippen molar-refractivity contribution < 1.29 is 22.7 Å². The van der Waals surface area contributed by atoms with E-state index in [2.05, 4.69) is 4.74 Å². The van der Waals surface area contributed by atoms with E-state index < -0.39 is 24.2 Å². The molecule has 0 aromatic heterocycles. The summed E-state index contributed by atoms with van der Waals surface area (Å²) >= 11 is 1.42. The van der Waals surface area contributed by atoms with E-state index in [-0.39, 0.29) is 5.92 Å². The molecule has 0 heterocycles. The summed E-state index contributed by atoms with van der Waals surface area (Å²) in [5, 5.41) is 0. The van der Waals surface area contributed by atoms with Gasteiger partial charge in [-0.1, -0.05) is 13.8 Å². The first kappa shape index (κ1) is 15.6. The quantitative estimate of drug-likeness (QED) is 0.709. The van der Waals surface area contributed by atoms with Crippen LogP contribution in [0.3, 0.4) is 0 Å². The fraction of sp³-hybridized carbons (Fsp3) is 0.900. The fourth-order valence-electron chi connectivity index (χ4n) is 1.07. The molecule has 0 spiro atoms. The summed E-state index contributed by atoms with van der Waals surface area (Å²) in [6.45, 7) is 3.71. The lowest BCUT2D eigenvalue weighted by molar-refractivity contribution is -0.193. The molecule has 2 nitrogen and oxygen atoms in total. The molecular formula is C10H17F3O2S. The summed E-state index contributed by atoms with van der Waals surface area (Å²) in [6, 6.07) is 0. The first-order valence-electron chi connectivity index (χ1n) is 4.86. The van der Waals surface area contributed by atoms with Crippen molar-refractivity contribution in [3.63, 3.8) is 0 Å². The van der Waals surface area contributed by atoms with Gasteiger partial charge in [0, 0.05) is 5.75 Å². The molecule has 1 atom stereocenters. The number of ether oxygens (including phenoxy) is 1. The Hall–Kier alpha value is -0.390. The maximum absolute atomic E-state index is 11.9. The maximum atomic E-state index is 11.9. The Morgan fingerprint density at radius 2 is 1.88 bits per heavy atom. The highest BCUT2D eigenvalue weighted by molar-refractivity contribution is 7.98. The first-order valence-corrected chi connectivity index (χ1v) is 6.26. The fourth-order valence-corrected chi connectivity index (χ4v) is 2.12. The number of hydrogen-bond acceptors (Lipinski definition) is 3. The topological polar surface area (TPSA) is 26.3 Å². The Bertz CT molecular complexity index is 241. The first-order chi connectivity index (χ1) is 7.13. The summed E-state index contributed by atoms with van der Waals surface area (Å²) in [5.74, 6) is -0.406. The molecule has 0 fully saturated rings. The van der Waals surface area contributed by atoms with Gasteiger partial charge < -0.3 is 4.74 Å². The van der Waals surface area contributed by atoms with Gasteiger partial charge in [-0.3, -0.25) is 4.79 Å². The zero-order chi connectivity index (χ0) is 13.0. The van der Waals surface area contributed by atoms with E-state index in [1.165, 1.54) is 11.8 Å². The normalized spacial score (nSPS) is 16.0. The molecule has 0 bridgehead atoms. The van der Waals surface area contributed by atoms with Gasteiger partial charge in [-0.05, 0) is 19.1 Å². The van der Waals surface area contributed by atoms with Crippen LogP contribution < -0.4 is 0 Å². The van der Waals surface area contributed by atoms with Crippen molar-refractivity contribution in [1.82, 2.24) is 0 Å². The van der Waals surface area contributed by atoms with E-state index in [9.17, 15) is 18.0 Å². The van der Waals surface area contributed by atoms with Crippen LogP contribution in [0.5, 0.6) is 0 Å². The highest BCUT2D eigenvalue weighted by atomic mass is 32.2. The highest BCUT2D eigenvalue weighted by Gasteiger charge is 2.40. The van der Waals surface area contributed by atoms with Crippen molar-refractivity contribution in [3.8, 4) is 0 Å². The van der Waals surface area contributed by atoms with Crippen LogP contribution in [0.15, 0.2) is 0 Å². The number of thioether (sulfide) groups is 1. The van der Waals surface area contributed by atoms with Gasteiger partial charge in [0.15, 0.2) is 6.61 Å². The van der Waals surface area contributed by atoms with Crippen LogP contribution >= 0.6 is 11.8 Å². The van der Waals surface area contributed by atoms with Crippen molar-refractivity contribution in [1.29, 1.82) is 0 Å². The van der Waals surface area contributed by atoms with Gasteiger partial charge in [-0.15, -0.1) is 0 Å². The standard InChI is InChI=1S/C10H17F3O2S/c1-7(2)9(3,6-16-4)8(14)15-5-10(11,12)13/h7H,5-6H2,1-4H3. The molecule has 0 radical (unpaired) electrons. The number of carbonyl (C=O) groups is 1. The number of halogens is 3. The van der Waals surface area contributed by atoms with Gasteiger partial charge >= 0.3 is 12.1 Å². The monoisotopic (exact) mass is 258 g/mol. The van der Waals surface area contributed by atoms with Crippen molar-refractivity contribution in [2.75, 3.05) is 18.6 Å². The predicted molar refractivity (Wildman–Crippen MR) is 58.3 cm³/mol. The zero-order valence-corrected chi connectivity index (χ0v) is 10.7. The highest BCUT2D eigenvalue weighted by Crippen LogP contribution is 2.32. The Balaban J connectivity index is 4.52. The molecule has 16 heavy (non-hydrogen) atoms. The van der Waals surface area contributed by atoms with E-state index in [4.69, 9.17) is 0 Å². The minimum absolute atomic E-state index is 0.0688. The van der Waals surface area contributed by atoms with Crippen molar-refractivity contribution >= 4 is 17.7 Å². The largest absolute Gasteiger partial charge is 0.456 e. The van der Waals surface area contributed by atoms with E-state index in [0.717, 1.165) is 0 Å². The molecule has 0 N–H and O–H groups in total. The molecule has 0 aliphatic carbocycles. The van der Waals surface area contributed by atoms with Crippen LogP contribution in [0.2, 0.25) is 0 Å². The second-order valence-electron chi connectivity index (χ2n) is 4.20. The Morgan fingerprint density at radius 1 is 1.38 bits per heavy atom. The van der Waals surface area contributed by atoms with Crippen LogP contribution in [0.25, 0.3) is 0 Å². The average Bonchev–Trinajstić information content (AvgIpc) is 2.12. The molecule has 0 aromatic carbocycles. The predicted octanol–water partition coefficient (Wildman–Crippen LogP) is 3.12. The minimum Gasteiger partial charge on any atom is -0.456 e. The molecule has 0 aromatic rings. The maximum Gasteiger partial charge on any atom is 0.422 e. The molecule has 96 valence electrons. The number of rotatable bonds is 5. The van der Waals surface area contributed by atoms with E-state index in [1.54, 1.807) is 27.0 Å². The summed E-state index contributed by atoms with van der Waals surface area (Å²) in [5.41, 5.74) is -0.870. The lowest BCUT2D eigenvalue weighted by atomic mass is 9.81. The Morgan fingerprint density at radius 3 is 2.19 bits per heavy atom. The number of alkyl halides is 3. The summed E-state index contributed by atoms with van der Waals surface area (Å²) in [7, 11) is 0. The third-order valence-corrected chi connectivity index (χ3v) is 3.44. The van der Waals surface area contributed by atoms with Crippen LogP contribution in [0.1, 0.15) is 20.8 Å². The van der Waals surface area contributed by atoms with Gasteiger partial charge in [0.05, 0.1) is 5.41 Å². The smallest absolute Gasteiger partial charge is 0.422 e.